The van der Waals surface area contributed by atoms with Crippen molar-refractivity contribution in [2.24, 2.45) is 4.99 Å². The molecule has 0 aromatic rings. The molecular formula is C22H34BrNO7. The zero-order valence-corrected chi connectivity index (χ0v) is 21.7. The van der Waals surface area contributed by atoms with Gasteiger partial charge in [-0.1, -0.05) is 15.9 Å². The molecule has 0 saturated heterocycles. The van der Waals surface area contributed by atoms with E-state index in [4.69, 9.17) is 18.9 Å². The predicted molar refractivity (Wildman–Crippen MR) is 120 cm³/mol. The van der Waals surface area contributed by atoms with E-state index in [2.05, 4.69) is 20.9 Å². The number of aliphatic imine (C=N–C) groups is 1. The first-order valence-corrected chi connectivity index (χ1v) is 11.2. The Morgan fingerprint density at radius 2 is 1.42 bits per heavy atom. The van der Waals surface area contributed by atoms with Crippen molar-refractivity contribution in [2.75, 3.05) is 11.9 Å². The van der Waals surface area contributed by atoms with Crippen LogP contribution in [-0.4, -0.2) is 58.1 Å². The van der Waals surface area contributed by atoms with Crippen molar-refractivity contribution in [3.8, 4) is 0 Å². The molecule has 9 heteroatoms. The maximum Gasteiger partial charge on any atom is 0.356 e. The SMILES string of the molecule is CCOC(=O)C1(CBr)OC(=NC(C)(C)C)C(C(=O)OC(C)(C)C)=C1C(=O)OC(C)(C)C. The third-order valence-corrected chi connectivity index (χ3v) is 4.36. The molecule has 0 bridgehead atoms. The van der Waals surface area contributed by atoms with E-state index >= 15 is 0 Å². The van der Waals surface area contributed by atoms with Crippen molar-refractivity contribution in [1.29, 1.82) is 0 Å². The number of halogens is 1. The van der Waals surface area contributed by atoms with Crippen molar-refractivity contribution < 1.29 is 33.3 Å². The molecule has 8 nitrogen and oxygen atoms in total. The van der Waals surface area contributed by atoms with Crippen LogP contribution >= 0.6 is 15.9 Å². The molecule has 1 aliphatic rings. The first kappa shape index (κ1) is 27.1. The van der Waals surface area contributed by atoms with Crippen LogP contribution in [0, 0.1) is 0 Å². The van der Waals surface area contributed by atoms with Gasteiger partial charge in [-0.05, 0) is 69.2 Å². The first-order valence-electron chi connectivity index (χ1n) is 10.1. The van der Waals surface area contributed by atoms with E-state index in [-0.39, 0.29) is 29.0 Å². The van der Waals surface area contributed by atoms with E-state index in [1.807, 2.05) is 0 Å². The molecule has 31 heavy (non-hydrogen) atoms. The Morgan fingerprint density at radius 1 is 0.935 bits per heavy atom. The number of hydrogen-bond acceptors (Lipinski definition) is 8. The van der Waals surface area contributed by atoms with Gasteiger partial charge in [0.25, 0.3) is 0 Å². The maximum absolute atomic E-state index is 13.3. The highest BCUT2D eigenvalue weighted by Gasteiger charge is 2.59. The van der Waals surface area contributed by atoms with Gasteiger partial charge in [0.1, 0.15) is 22.3 Å². The number of nitrogens with zero attached hydrogens (tertiary/aromatic N) is 1. The molecule has 1 rings (SSSR count). The molecule has 0 saturated carbocycles. The van der Waals surface area contributed by atoms with Crippen molar-refractivity contribution >= 4 is 39.7 Å². The largest absolute Gasteiger partial charge is 0.463 e. The van der Waals surface area contributed by atoms with Gasteiger partial charge in [0.05, 0.1) is 17.5 Å². The predicted octanol–water partition coefficient (Wildman–Crippen LogP) is 3.89. The summed E-state index contributed by atoms with van der Waals surface area (Å²) in [4.78, 5) is 44.0. The number of hydrogen-bond donors (Lipinski definition) is 0. The number of carbonyl (C=O) groups is 3. The van der Waals surface area contributed by atoms with Crippen LogP contribution in [0.25, 0.3) is 0 Å². The van der Waals surface area contributed by atoms with E-state index in [9.17, 15) is 14.4 Å². The minimum atomic E-state index is -1.95. The van der Waals surface area contributed by atoms with E-state index in [1.165, 1.54) is 0 Å². The van der Waals surface area contributed by atoms with Gasteiger partial charge in [-0.3, -0.25) is 0 Å². The number of ether oxygens (including phenoxy) is 4. The second-order valence-electron chi connectivity index (χ2n) is 10.1. The zero-order valence-electron chi connectivity index (χ0n) is 20.1. The zero-order chi connectivity index (χ0) is 24.4. The summed E-state index contributed by atoms with van der Waals surface area (Å²) < 4.78 is 22.2. The molecule has 1 heterocycles. The number of carbonyl (C=O) groups excluding carboxylic acids is 3. The number of alkyl halides is 1. The summed E-state index contributed by atoms with van der Waals surface area (Å²) in [5.41, 5.74) is -4.92. The summed E-state index contributed by atoms with van der Waals surface area (Å²) in [6, 6.07) is 0. The summed E-state index contributed by atoms with van der Waals surface area (Å²) in [7, 11) is 0. The number of esters is 3. The Labute approximate surface area is 192 Å². The summed E-state index contributed by atoms with van der Waals surface area (Å²) in [6.07, 6.45) is 0. The lowest BCUT2D eigenvalue weighted by molar-refractivity contribution is -0.163. The second kappa shape index (κ2) is 9.30. The standard InChI is InChI=1S/C22H34BrNO7/c1-11-28-18(27)22(12-23)14(17(26)31-21(8,9)10)13(16(25)30-20(5,6)7)15(29-22)24-19(2,3)4/h11-12H2,1-10H3. The van der Waals surface area contributed by atoms with Crippen LogP contribution in [0.5, 0.6) is 0 Å². The van der Waals surface area contributed by atoms with Crippen molar-refractivity contribution in [3.05, 3.63) is 11.1 Å². The summed E-state index contributed by atoms with van der Waals surface area (Å²) in [5.74, 6) is -2.74. The third kappa shape index (κ3) is 7.05. The van der Waals surface area contributed by atoms with Crippen LogP contribution in [0.3, 0.4) is 0 Å². The fourth-order valence-corrected chi connectivity index (χ4v) is 3.24. The topological polar surface area (TPSA) is 100 Å². The highest BCUT2D eigenvalue weighted by Crippen LogP contribution is 2.40. The van der Waals surface area contributed by atoms with Crippen LogP contribution in [-0.2, 0) is 33.3 Å². The van der Waals surface area contributed by atoms with E-state index in [0.29, 0.717) is 0 Å². The molecule has 0 aromatic carbocycles. The first-order chi connectivity index (χ1) is 13.9. The highest BCUT2D eigenvalue weighted by atomic mass is 79.9. The van der Waals surface area contributed by atoms with Gasteiger partial charge in [-0.25, -0.2) is 19.4 Å². The Kier molecular flexibility index (Phi) is 8.14. The Bertz CT molecular complexity index is 794. The van der Waals surface area contributed by atoms with Crippen LogP contribution in [0.1, 0.15) is 69.2 Å². The fraction of sp³-hybridized carbons (Fsp3) is 0.727. The second-order valence-corrected chi connectivity index (χ2v) is 10.7. The smallest absolute Gasteiger partial charge is 0.356 e. The quantitative estimate of drug-likeness (QED) is 0.318. The molecule has 176 valence electrons. The Morgan fingerprint density at radius 3 is 1.81 bits per heavy atom. The van der Waals surface area contributed by atoms with Gasteiger partial charge < -0.3 is 18.9 Å². The van der Waals surface area contributed by atoms with Crippen LogP contribution in [0.4, 0.5) is 0 Å². The maximum atomic E-state index is 13.3. The summed E-state index contributed by atoms with van der Waals surface area (Å²) in [6.45, 7) is 17.2. The lowest BCUT2D eigenvalue weighted by Crippen LogP contribution is -2.47. The minimum Gasteiger partial charge on any atom is -0.463 e. The van der Waals surface area contributed by atoms with Gasteiger partial charge in [-0.2, -0.15) is 0 Å². The fourth-order valence-electron chi connectivity index (χ4n) is 2.61. The molecule has 0 aliphatic carbocycles. The normalized spacial score (nSPS) is 21.1. The molecule has 1 unspecified atom stereocenters. The van der Waals surface area contributed by atoms with Gasteiger partial charge in [0, 0.05) is 0 Å². The third-order valence-electron chi connectivity index (χ3n) is 3.57. The molecule has 0 N–H and O–H groups in total. The van der Waals surface area contributed by atoms with E-state index < -0.39 is 40.2 Å². The highest BCUT2D eigenvalue weighted by molar-refractivity contribution is 9.09. The monoisotopic (exact) mass is 503 g/mol. The molecular weight excluding hydrogens is 470 g/mol. The molecule has 0 amide bonds. The van der Waals surface area contributed by atoms with Gasteiger partial charge >= 0.3 is 17.9 Å². The van der Waals surface area contributed by atoms with Gasteiger partial charge in [-0.15, -0.1) is 0 Å². The molecule has 0 fully saturated rings. The average Bonchev–Trinajstić information content (AvgIpc) is 2.85. The molecule has 0 spiro atoms. The molecule has 1 aliphatic heterocycles. The van der Waals surface area contributed by atoms with Gasteiger partial charge in [0.15, 0.2) is 0 Å². The van der Waals surface area contributed by atoms with E-state index in [1.54, 1.807) is 69.2 Å². The molecule has 0 radical (unpaired) electrons. The molecule has 1 atom stereocenters. The minimum absolute atomic E-state index is 0.0477. The molecule has 0 aromatic heterocycles. The van der Waals surface area contributed by atoms with Crippen LogP contribution in [0.2, 0.25) is 0 Å². The summed E-state index contributed by atoms with van der Waals surface area (Å²) >= 11 is 3.26. The van der Waals surface area contributed by atoms with Gasteiger partial charge in [0.2, 0.25) is 11.5 Å². The Hall–Kier alpha value is -1.90. The van der Waals surface area contributed by atoms with Crippen LogP contribution in [0.15, 0.2) is 16.1 Å². The Balaban J connectivity index is 3.93. The van der Waals surface area contributed by atoms with Crippen molar-refractivity contribution in [3.63, 3.8) is 0 Å². The average molecular weight is 504 g/mol. The van der Waals surface area contributed by atoms with Crippen molar-refractivity contribution in [1.82, 2.24) is 0 Å². The van der Waals surface area contributed by atoms with Crippen LogP contribution < -0.4 is 0 Å². The lowest BCUT2D eigenvalue weighted by Gasteiger charge is -2.28. The number of rotatable bonds is 5. The van der Waals surface area contributed by atoms with E-state index in [0.717, 1.165) is 0 Å². The summed E-state index contributed by atoms with van der Waals surface area (Å²) in [5, 5.41) is -0.164. The lowest BCUT2D eigenvalue weighted by atomic mass is 9.93. The van der Waals surface area contributed by atoms with Crippen molar-refractivity contribution in [2.45, 2.75) is 91.6 Å².